The van der Waals surface area contributed by atoms with E-state index in [1.54, 1.807) is 0 Å². The van der Waals surface area contributed by atoms with Gasteiger partial charge in [-0.2, -0.15) is 0 Å². The Bertz CT molecular complexity index is 1440. The van der Waals surface area contributed by atoms with Crippen LogP contribution in [0.1, 0.15) is 123 Å². The number of carbonyl (C=O) groups is 2. The van der Waals surface area contributed by atoms with E-state index in [2.05, 4.69) is 74.5 Å². The second kappa shape index (κ2) is 7.08. The molecule has 3 nitrogen and oxygen atoms in total. The van der Waals surface area contributed by atoms with Crippen molar-refractivity contribution >= 4 is 17.1 Å². The first-order chi connectivity index (χ1) is 17.0. The number of allylic oxidation sites excluding steroid dienone is 5. The van der Waals surface area contributed by atoms with Crippen LogP contribution < -0.4 is 0 Å². The van der Waals surface area contributed by atoms with Gasteiger partial charge in [-0.3, -0.25) is 9.59 Å². The van der Waals surface area contributed by atoms with E-state index in [1.807, 2.05) is 24.3 Å². The molecule has 0 aromatic heterocycles. The van der Waals surface area contributed by atoms with Crippen LogP contribution in [0.4, 0.5) is 0 Å². The summed E-state index contributed by atoms with van der Waals surface area (Å²) >= 11 is 0. The zero-order valence-corrected chi connectivity index (χ0v) is 23.3. The lowest BCUT2D eigenvalue weighted by Crippen LogP contribution is -2.34. The van der Waals surface area contributed by atoms with Crippen LogP contribution in [0, 0.1) is 11.3 Å². The van der Waals surface area contributed by atoms with Gasteiger partial charge in [0.1, 0.15) is 6.10 Å². The summed E-state index contributed by atoms with van der Waals surface area (Å²) < 4.78 is 0. The first-order valence-electron chi connectivity index (χ1n) is 13.3. The van der Waals surface area contributed by atoms with Crippen LogP contribution in [-0.2, 0) is 15.9 Å². The Morgan fingerprint density at radius 1 is 0.595 bits per heavy atom. The average molecular weight is 492 g/mol. The highest BCUT2D eigenvalue weighted by atomic mass is 16.3. The zero-order chi connectivity index (χ0) is 27.0. The summed E-state index contributed by atoms with van der Waals surface area (Å²) in [6.45, 7) is 19.1. The molecule has 0 N–H and O–H groups in total. The smallest absolute Gasteiger partial charge is 0.194 e. The van der Waals surface area contributed by atoms with E-state index in [9.17, 15) is 14.7 Å². The van der Waals surface area contributed by atoms with Crippen LogP contribution >= 0.6 is 0 Å². The zero-order valence-electron chi connectivity index (χ0n) is 23.3. The topological polar surface area (TPSA) is 54.0 Å². The Balaban J connectivity index is 1.80. The normalized spacial score (nSPS) is 19.2. The molecule has 37 heavy (non-hydrogen) atoms. The van der Waals surface area contributed by atoms with Gasteiger partial charge in [-0.25, -0.2) is 5.11 Å². The lowest BCUT2D eigenvalue weighted by molar-refractivity contribution is 0.102. The van der Waals surface area contributed by atoms with Gasteiger partial charge in [-0.1, -0.05) is 86.6 Å². The minimum absolute atomic E-state index is 0.0516. The van der Waals surface area contributed by atoms with Crippen molar-refractivity contribution in [2.24, 2.45) is 11.3 Å². The first-order valence-corrected chi connectivity index (χ1v) is 13.3. The quantitative estimate of drug-likeness (QED) is 0.377. The van der Waals surface area contributed by atoms with Crippen molar-refractivity contribution in [3.05, 3.63) is 97.6 Å². The highest BCUT2D eigenvalue weighted by Crippen LogP contribution is 2.57. The summed E-state index contributed by atoms with van der Waals surface area (Å²) in [6.07, 6.45) is 2.97. The van der Waals surface area contributed by atoms with Gasteiger partial charge >= 0.3 is 0 Å². The third-order valence-electron chi connectivity index (χ3n) is 8.59. The minimum atomic E-state index is -1.15. The summed E-state index contributed by atoms with van der Waals surface area (Å²) in [5.41, 5.74) is 8.28. The molecule has 0 heterocycles. The summed E-state index contributed by atoms with van der Waals surface area (Å²) in [5, 5.41) is 14.2. The SMILES string of the molecule is CC(C)(C)c1cc2c3c(c1)C([O])c1cc(C(C)(C)C)cc4c1C3=C1C(=CC(C(C)(C)C)C=C1C4=O)C2=O. The van der Waals surface area contributed by atoms with Gasteiger partial charge in [0.25, 0.3) is 0 Å². The number of Topliss-reactive ketones (excluding diaryl/α,β-unsaturated/α-hetero) is 2. The lowest BCUT2D eigenvalue weighted by Gasteiger charge is -2.42. The molecule has 4 aliphatic rings. The molecule has 2 aromatic rings. The Morgan fingerprint density at radius 3 is 1.35 bits per heavy atom. The summed E-state index contributed by atoms with van der Waals surface area (Å²) in [7, 11) is 0. The van der Waals surface area contributed by atoms with Gasteiger partial charge in [0.15, 0.2) is 11.6 Å². The standard InChI is InChI=1S/C34H35O3/c1-32(2,3)16-10-19-25-20(11-16)30(36)22-13-18(34(7,8)9)15-24-27(22)28(25)26-21(29(19)35)12-17(33(4,5)6)14-23(26)31(24)37/h10-16,31H,1-9H3. The van der Waals surface area contributed by atoms with E-state index < -0.39 is 6.10 Å². The van der Waals surface area contributed by atoms with Crippen LogP contribution in [0.2, 0.25) is 0 Å². The molecule has 189 valence electrons. The predicted octanol–water partition coefficient (Wildman–Crippen LogP) is 7.84. The number of rotatable bonds is 0. The van der Waals surface area contributed by atoms with Gasteiger partial charge in [0.2, 0.25) is 0 Å². The maximum atomic E-state index is 14.2. The fourth-order valence-electron chi connectivity index (χ4n) is 6.22. The van der Waals surface area contributed by atoms with Crippen molar-refractivity contribution in [2.45, 2.75) is 79.2 Å². The van der Waals surface area contributed by atoms with Crippen molar-refractivity contribution < 1.29 is 14.7 Å². The van der Waals surface area contributed by atoms with Gasteiger partial charge in [0, 0.05) is 44.9 Å². The van der Waals surface area contributed by atoms with E-state index in [4.69, 9.17) is 0 Å². The molecule has 0 saturated heterocycles. The molecule has 0 fully saturated rings. The van der Waals surface area contributed by atoms with Crippen LogP contribution in [0.3, 0.4) is 0 Å². The molecule has 0 saturated carbocycles. The van der Waals surface area contributed by atoms with Crippen molar-refractivity contribution in [2.75, 3.05) is 0 Å². The second-order valence-corrected chi connectivity index (χ2v) is 14.3. The summed E-state index contributed by atoms with van der Waals surface area (Å²) in [4.78, 5) is 28.3. The number of benzene rings is 2. The lowest BCUT2D eigenvalue weighted by atomic mass is 9.60. The van der Waals surface area contributed by atoms with Crippen LogP contribution in [0.15, 0.2) is 53.1 Å². The maximum absolute atomic E-state index is 14.2. The summed E-state index contributed by atoms with van der Waals surface area (Å²) in [5.74, 6) is -0.192. The molecule has 0 aliphatic heterocycles. The fourth-order valence-corrected chi connectivity index (χ4v) is 6.22. The highest BCUT2D eigenvalue weighted by molar-refractivity contribution is 6.30. The third kappa shape index (κ3) is 3.23. The van der Waals surface area contributed by atoms with Gasteiger partial charge < -0.3 is 0 Å². The molecule has 6 rings (SSSR count). The number of ketones is 2. The molecular weight excluding hydrogens is 456 g/mol. The molecule has 2 aromatic carbocycles. The molecule has 4 aliphatic carbocycles. The molecule has 0 unspecified atom stereocenters. The summed E-state index contributed by atoms with van der Waals surface area (Å²) in [6, 6.07) is 8.01. The van der Waals surface area contributed by atoms with E-state index in [1.165, 1.54) is 0 Å². The Morgan fingerprint density at radius 2 is 1.00 bits per heavy atom. The van der Waals surface area contributed by atoms with E-state index in [0.717, 1.165) is 33.4 Å². The molecule has 0 atom stereocenters. The van der Waals surface area contributed by atoms with Gasteiger partial charge in [0.05, 0.1) is 0 Å². The average Bonchev–Trinajstić information content (AvgIpc) is 2.79. The molecule has 0 bridgehead atoms. The first kappa shape index (κ1) is 24.3. The number of hydrogen-bond acceptors (Lipinski definition) is 2. The second-order valence-electron chi connectivity index (χ2n) is 14.3. The number of carbonyl (C=O) groups excluding carboxylic acids is 2. The van der Waals surface area contributed by atoms with Crippen LogP contribution in [0.25, 0.3) is 5.57 Å². The molecule has 0 amide bonds. The Hall–Kier alpha value is -3.04. The minimum Gasteiger partial charge on any atom is -0.289 e. The molecular formula is C34H35O3. The van der Waals surface area contributed by atoms with Crippen molar-refractivity contribution in [3.8, 4) is 0 Å². The molecule has 3 heteroatoms. The Kier molecular flexibility index (Phi) is 4.65. The number of hydrogen-bond donors (Lipinski definition) is 0. The van der Waals surface area contributed by atoms with E-state index >= 15 is 0 Å². The highest BCUT2D eigenvalue weighted by Gasteiger charge is 2.48. The van der Waals surface area contributed by atoms with E-state index in [0.29, 0.717) is 33.4 Å². The predicted molar refractivity (Wildman–Crippen MR) is 147 cm³/mol. The van der Waals surface area contributed by atoms with Gasteiger partial charge in [-0.15, -0.1) is 0 Å². The fraction of sp³-hybridized carbons (Fsp3) is 0.412. The molecule has 0 spiro atoms. The third-order valence-corrected chi connectivity index (χ3v) is 8.59. The maximum Gasteiger partial charge on any atom is 0.194 e. The van der Waals surface area contributed by atoms with Crippen molar-refractivity contribution in [1.29, 1.82) is 0 Å². The van der Waals surface area contributed by atoms with Gasteiger partial charge in [-0.05, 0) is 56.2 Å². The Labute approximate surface area is 220 Å². The van der Waals surface area contributed by atoms with E-state index in [-0.39, 0.29) is 33.7 Å². The van der Waals surface area contributed by atoms with Crippen LogP contribution in [0.5, 0.6) is 0 Å². The monoisotopic (exact) mass is 491 g/mol. The molecule has 1 radical (unpaired) electrons. The van der Waals surface area contributed by atoms with Crippen LogP contribution in [-0.4, -0.2) is 11.6 Å². The van der Waals surface area contributed by atoms with Crippen molar-refractivity contribution in [3.63, 3.8) is 0 Å². The van der Waals surface area contributed by atoms with Crippen molar-refractivity contribution in [1.82, 2.24) is 0 Å². The largest absolute Gasteiger partial charge is 0.289 e.